The van der Waals surface area contributed by atoms with E-state index >= 15 is 0 Å². The Morgan fingerprint density at radius 1 is 1.26 bits per heavy atom. The number of nitrogens with zero attached hydrogens (tertiary/aromatic N) is 1. The van der Waals surface area contributed by atoms with Crippen molar-refractivity contribution in [1.29, 1.82) is 0 Å². The van der Waals surface area contributed by atoms with Gasteiger partial charge >= 0.3 is 0 Å². The third-order valence-electron chi connectivity index (χ3n) is 7.73. The number of rotatable bonds is 5. The molecule has 1 aliphatic heterocycles. The Morgan fingerprint density at radius 3 is 2.85 bits per heavy atom. The van der Waals surface area contributed by atoms with Crippen LogP contribution in [-0.2, 0) is 21.4 Å². The van der Waals surface area contributed by atoms with Gasteiger partial charge < -0.3 is 9.47 Å². The number of fused-ring (bicyclic) bond motifs is 1. The van der Waals surface area contributed by atoms with E-state index in [-0.39, 0.29) is 11.0 Å². The molecule has 1 heterocycles. The van der Waals surface area contributed by atoms with Crippen molar-refractivity contribution in [2.24, 2.45) is 5.92 Å². The van der Waals surface area contributed by atoms with Gasteiger partial charge in [-0.05, 0) is 74.8 Å². The molecule has 0 radical (unpaired) electrons. The van der Waals surface area contributed by atoms with E-state index in [0.29, 0.717) is 31.3 Å². The van der Waals surface area contributed by atoms with Gasteiger partial charge in [0.05, 0.1) is 12.7 Å². The molecule has 2 saturated carbocycles. The van der Waals surface area contributed by atoms with Crippen molar-refractivity contribution in [3.63, 3.8) is 0 Å². The van der Waals surface area contributed by atoms with Crippen LogP contribution in [0.5, 0.6) is 5.75 Å². The van der Waals surface area contributed by atoms with Crippen LogP contribution in [0, 0.1) is 5.92 Å². The van der Waals surface area contributed by atoms with Crippen molar-refractivity contribution in [3.8, 4) is 5.75 Å². The van der Waals surface area contributed by atoms with E-state index < -0.39 is 0 Å². The minimum absolute atomic E-state index is 0.189. The standard InChI is InChI=1S/C23H31NO3/c1-3-27-23-9-8-18(25)14-22(23)10-11-24(15-16-4-5-16)21(23)12-17-6-7-19(26-2)13-20(17)22/h6-7,13,16,21H,3-5,8-12,14-15H2,1-2H3/t21-,22-,23-/m1/s1. The summed E-state index contributed by atoms with van der Waals surface area (Å²) in [6.07, 6.45) is 6.95. The second-order valence-corrected chi connectivity index (χ2v) is 9.05. The average molecular weight is 370 g/mol. The lowest BCUT2D eigenvalue weighted by molar-refractivity contribution is -0.198. The van der Waals surface area contributed by atoms with Crippen LogP contribution >= 0.6 is 0 Å². The Balaban J connectivity index is 1.67. The van der Waals surface area contributed by atoms with Gasteiger partial charge in [-0.15, -0.1) is 0 Å². The number of likely N-dealkylation sites (tertiary alicyclic amines) is 1. The van der Waals surface area contributed by atoms with Gasteiger partial charge in [0, 0.05) is 37.5 Å². The van der Waals surface area contributed by atoms with Crippen molar-refractivity contribution < 1.29 is 14.3 Å². The fraction of sp³-hybridized carbons (Fsp3) is 0.696. The van der Waals surface area contributed by atoms with Gasteiger partial charge in [-0.25, -0.2) is 0 Å². The third-order valence-corrected chi connectivity index (χ3v) is 7.73. The van der Waals surface area contributed by atoms with Crippen LogP contribution in [0.3, 0.4) is 0 Å². The zero-order valence-corrected chi connectivity index (χ0v) is 16.6. The van der Waals surface area contributed by atoms with E-state index in [0.717, 1.165) is 37.5 Å². The molecule has 4 heteroatoms. The maximum absolute atomic E-state index is 12.7. The lowest BCUT2D eigenvalue weighted by atomic mass is 9.49. The number of hydrogen-bond acceptors (Lipinski definition) is 4. The molecule has 0 aromatic heterocycles. The zero-order chi connectivity index (χ0) is 18.6. The summed E-state index contributed by atoms with van der Waals surface area (Å²) in [5.74, 6) is 2.17. The van der Waals surface area contributed by atoms with Crippen molar-refractivity contribution in [2.75, 3.05) is 26.8 Å². The first-order chi connectivity index (χ1) is 13.1. The van der Waals surface area contributed by atoms with Gasteiger partial charge in [-0.3, -0.25) is 9.69 Å². The molecule has 0 unspecified atom stereocenters. The highest BCUT2D eigenvalue weighted by Gasteiger charge is 2.66. The Labute approximate surface area is 162 Å². The molecule has 5 rings (SSSR count). The van der Waals surface area contributed by atoms with E-state index in [1.807, 2.05) is 0 Å². The second-order valence-electron chi connectivity index (χ2n) is 9.05. The van der Waals surface area contributed by atoms with Crippen LogP contribution in [0.1, 0.15) is 56.6 Å². The summed E-state index contributed by atoms with van der Waals surface area (Å²) in [4.78, 5) is 15.4. The highest BCUT2D eigenvalue weighted by atomic mass is 16.5. The first-order valence-electron chi connectivity index (χ1n) is 10.7. The number of benzene rings is 1. The molecule has 2 bridgehead atoms. The fourth-order valence-electron chi connectivity index (χ4n) is 6.39. The number of carbonyl (C=O) groups is 1. The van der Waals surface area contributed by atoms with Crippen LogP contribution < -0.4 is 4.74 Å². The van der Waals surface area contributed by atoms with Crippen LogP contribution in [0.15, 0.2) is 18.2 Å². The molecule has 3 atom stereocenters. The maximum atomic E-state index is 12.7. The lowest BCUT2D eigenvalue weighted by Gasteiger charge is -2.65. The molecule has 0 amide bonds. The second kappa shape index (κ2) is 6.31. The number of hydrogen-bond donors (Lipinski definition) is 0. The smallest absolute Gasteiger partial charge is 0.134 e. The first-order valence-corrected chi connectivity index (χ1v) is 10.7. The molecule has 1 aromatic rings. The van der Waals surface area contributed by atoms with E-state index in [1.165, 1.54) is 30.5 Å². The monoisotopic (exact) mass is 369 g/mol. The van der Waals surface area contributed by atoms with E-state index in [1.54, 1.807) is 7.11 Å². The van der Waals surface area contributed by atoms with Gasteiger partial charge in [0.2, 0.25) is 0 Å². The molecule has 4 nitrogen and oxygen atoms in total. The molecule has 3 aliphatic carbocycles. The molecule has 0 N–H and O–H groups in total. The topological polar surface area (TPSA) is 38.8 Å². The fourth-order valence-corrected chi connectivity index (χ4v) is 6.39. The Hall–Kier alpha value is -1.39. The minimum atomic E-state index is -0.234. The largest absolute Gasteiger partial charge is 0.497 e. The van der Waals surface area contributed by atoms with Crippen molar-refractivity contribution in [3.05, 3.63) is 29.3 Å². The summed E-state index contributed by atoms with van der Waals surface area (Å²) >= 11 is 0. The van der Waals surface area contributed by atoms with Crippen molar-refractivity contribution in [1.82, 2.24) is 4.90 Å². The predicted octanol–water partition coefficient (Wildman–Crippen LogP) is 3.50. The molecule has 1 saturated heterocycles. The molecular weight excluding hydrogens is 338 g/mol. The quantitative estimate of drug-likeness (QED) is 0.796. The predicted molar refractivity (Wildman–Crippen MR) is 104 cm³/mol. The third kappa shape index (κ3) is 2.52. The summed E-state index contributed by atoms with van der Waals surface area (Å²) in [6, 6.07) is 6.91. The van der Waals surface area contributed by atoms with E-state index in [2.05, 4.69) is 30.0 Å². The number of Topliss-reactive ketones (excluding diaryl/α,β-unsaturated/α-hetero) is 1. The van der Waals surface area contributed by atoms with Gasteiger partial charge in [0.15, 0.2) is 0 Å². The van der Waals surface area contributed by atoms with Crippen molar-refractivity contribution >= 4 is 5.78 Å². The van der Waals surface area contributed by atoms with Crippen LogP contribution in [-0.4, -0.2) is 49.1 Å². The van der Waals surface area contributed by atoms with Crippen LogP contribution in [0.25, 0.3) is 0 Å². The number of piperidine rings is 1. The molecule has 4 aliphatic rings. The summed E-state index contributed by atoms with van der Waals surface area (Å²) < 4.78 is 12.3. The van der Waals surface area contributed by atoms with Crippen LogP contribution in [0.4, 0.5) is 0 Å². The first kappa shape index (κ1) is 17.7. The zero-order valence-electron chi connectivity index (χ0n) is 16.6. The van der Waals surface area contributed by atoms with Crippen molar-refractivity contribution in [2.45, 2.75) is 68.9 Å². The molecule has 27 heavy (non-hydrogen) atoms. The Bertz CT molecular complexity index is 758. The number of methoxy groups -OCH3 is 1. The van der Waals surface area contributed by atoms with Gasteiger partial charge in [-0.2, -0.15) is 0 Å². The van der Waals surface area contributed by atoms with Gasteiger partial charge in [-0.1, -0.05) is 6.07 Å². The highest BCUT2D eigenvalue weighted by molar-refractivity contribution is 5.82. The molecule has 0 spiro atoms. The average Bonchev–Trinajstić information content (AvgIpc) is 3.48. The normalized spacial score (nSPS) is 35.5. The van der Waals surface area contributed by atoms with E-state index in [4.69, 9.17) is 9.47 Å². The minimum Gasteiger partial charge on any atom is -0.497 e. The molecule has 1 aromatic carbocycles. The van der Waals surface area contributed by atoms with Gasteiger partial charge in [0.1, 0.15) is 11.5 Å². The van der Waals surface area contributed by atoms with Crippen LogP contribution in [0.2, 0.25) is 0 Å². The lowest BCUT2D eigenvalue weighted by Crippen LogP contribution is -2.74. The summed E-state index contributed by atoms with van der Waals surface area (Å²) in [6.45, 7) is 5.11. The Kier molecular flexibility index (Phi) is 4.14. The Morgan fingerprint density at radius 2 is 2.11 bits per heavy atom. The summed E-state index contributed by atoms with van der Waals surface area (Å²) in [5.41, 5.74) is 2.30. The summed E-state index contributed by atoms with van der Waals surface area (Å²) in [5, 5.41) is 0. The molecule has 146 valence electrons. The summed E-state index contributed by atoms with van der Waals surface area (Å²) in [7, 11) is 1.73. The SMILES string of the molecule is CCO[C@@]12CCC(=O)C[C@@]13CCN(CC1CC1)[C@@H]2Cc1ccc(OC)cc13. The number of ketones is 1. The number of ether oxygens (including phenoxy) is 2. The molecular formula is C23H31NO3. The molecule has 3 fully saturated rings. The highest BCUT2D eigenvalue weighted by Crippen LogP contribution is 2.59. The number of carbonyl (C=O) groups excluding carboxylic acids is 1. The maximum Gasteiger partial charge on any atom is 0.134 e. The van der Waals surface area contributed by atoms with E-state index in [9.17, 15) is 4.79 Å². The van der Waals surface area contributed by atoms with Gasteiger partial charge in [0.25, 0.3) is 0 Å².